The highest BCUT2D eigenvalue weighted by Crippen LogP contribution is 2.68. The number of unbranched alkanes of at least 4 members (excludes halogenated alkanes) is 1. The van der Waals surface area contributed by atoms with Crippen LogP contribution in [0, 0.1) is 56.5 Å². The number of aryl methyl sites for hydroxylation is 1. The number of nitrogens with zero attached hydrogens (tertiary/aromatic N) is 4. The number of aliphatic hydroxyl groups excluding tert-OH is 2. The van der Waals surface area contributed by atoms with Crippen molar-refractivity contribution in [2.45, 2.75) is 141 Å². The Bertz CT molecular complexity index is 1750. The Morgan fingerprint density at radius 1 is 1.00 bits per heavy atom. The third-order valence-corrected chi connectivity index (χ3v) is 15.3. The SMILES string of the molecule is C[C@H](CCC(=O)N1C[C@@H](NC(=O)CCCCc2ccc([N+](=O)[O-])c3nonc23)C[C@H]1C(=O)O)[C@H]1CCC2C3C(O)CC4C[C@H](O)CC[C@]4(C)C3CC[C@@]21C. The monoisotopic (exact) mass is 751 g/mol. The zero-order valence-corrected chi connectivity index (χ0v) is 31.8. The predicted molar refractivity (Wildman–Crippen MR) is 197 cm³/mol. The first-order valence-corrected chi connectivity index (χ1v) is 20.3. The number of nitrogens with one attached hydrogen (secondary N) is 1. The van der Waals surface area contributed by atoms with E-state index in [9.17, 15) is 39.8 Å². The molecule has 0 spiro atoms. The van der Waals surface area contributed by atoms with Crippen molar-refractivity contribution < 1.29 is 39.3 Å². The fourth-order valence-electron chi connectivity index (χ4n) is 12.5. The van der Waals surface area contributed by atoms with Gasteiger partial charge >= 0.3 is 11.7 Å². The van der Waals surface area contributed by atoms with Gasteiger partial charge in [0.1, 0.15) is 11.6 Å². The maximum Gasteiger partial charge on any atom is 0.326 e. The van der Waals surface area contributed by atoms with Crippen LogP contribution in [0.5, 0.6) is 0 Å². The number of aromatic nitrogens is 2. The zero-order chi connectivity index (χ0) is 38.5. The summed E-state index contributed by atoms with van der Waals surface area (Å²) < 4.78 is 4.73. The number of benzene rings is 1. The molecule has 7 rings (SSSR count). The van der Waals surface area contributed by atoms with Crippen LogP contribution in [0.3, 0.4) is 0 Å². The summed E-state index contributed by atoms with van der Waals surface area (Å²) in [5.41, 5.74) is 1.26. The van der Waals surface area contributed by atoms with E-state index in [1.54, 1.807) is 6.07 Å². The minimum atomic E-state index is -1.07. The highest BCUT2D eigenvalue weighted by molar-refractivity contribution is 5.86. The largest absolute Gasteiger partial charge is 0.480 e. The van der Waals surface area contributed by atoms with Crippen molar-refractivity contribution in [3.63, 3.8) is 0 Å². The number of hydrogen-bond acceptors (Lipinski definition) is 10. The van der Waals surface area contributed by atoms with Crippen molar-refractivity contribution in [3.05, 3.63) is 27.8 Å². The Labute approximate surface area is 315 Å². The van der Waals surface area contributed by atoms with E-state index in [1.165, 1.54) is 11.0 Å². The Morgan fingerprint density at radius 2 is 1.74 bits per heavy atom. The van der Waals surface area contributed by atoms with E-state index in [4.69, 9.17) is 4.63 Å². The lowest BCUT2D eigenvalue weighted by molar-refractivity contribution is -0.383. The van der Waals surface area contributed by atoms with Crippen LogP contribution in [-0.4, -0.2) is 84.1 Å². The van der Waals surface area contributed by atoms with Gasteiger partial charge in [0.05, 0.1) is 17.1 Å². The number of hydrogen-bond donors (Lipinski definition) is 4. The summed E-state index contributed by atoms with van der Waals surface area (Å²) >= 11 is 0. The molecule has 12 atom stereocenters. The minimum Gasteiger partial charge on any atom is -0.480 e. The fourth-order valence-corrected chi connectivity index (χ4v) is 12.5. The molecule has 2 aromatic rings. The molecule has 54 heavy (non-hydrogen) atoms. The second kappa shape index (κ2) is 15.1. The van der Waals surface area contributed by atoms with Gasteiger partial charge in [0.15, 0.2) is 0 Å². The van der Waals surface area contributed by atoms with Gasteiger partial charge in [-0.1, -0.05) is 20.8 Å². The van der Waals surface area contributed by atoms with Crippen molar-refractivity contribution in [2.75, 3.05) is 6.54 Å². The molecule has 4 aliphatic carbocycles. The topological polar surface area (TPSA) is 209 Å². The molecule has 4 saturated carbocycles. The number of nitro benzene ring substituents is 1. The van der Waals surface area contributed by atoms with Gasteiger partial charge < -0.3 is 25.5 Å². The number of carboxylic acids is 1. The molecule has 0 radical (unpaired) electrons. The van der Waals surface area contributed by atoms with Crippen molar-refractivity contribution in [3.8, 4) is 0 Å². The molecule has 2 amide bonds. The lowest BCUT2D eigenvalue weighted by Crippen LogP contribution is -2.58. The Morgan fingerprint density at radius 3 is 2.50 bits per heavy atom. The van der Waals surface area contributed by atoms with E-state index in [1.807, 2.05) is 0 Å². The van der Waals surface area contributed by atoms with Crippen molar-refractivity contribution >= 4 is 34.5 Å². The maximum atomic E-state index is 13.6. The lowest BCUT2D eigenvalue weighted by atomic mass is 9.43. The van der Waals surface area contributed by atoms with E-state index in [-0.39, 0.29) is 83.7 Å². The standard InChI is InChI=1S/C40H57N5O9/c1-22(27-10-11-28-35-29(15-17-40(27,28)3)39(2)16-14-26(46)18-24(39)19-32(35)47)8-13-34(49)44-21-25(20-31(44)38(50)51)41-33(48)7-5-4-6-23-9-12-30(45(52)53)37-36(23)42-54-43-37/h9,12,22,24-29,31-32,35,46-47H,4-8,10-11,13-21H2,1-3H3,(H,41,48)(H,50,51)/t22-,24?,25+,26-,27-,28?,29?,31+,32?,35?,39+,40-/m1/s1. The van der Waals surface area contributed by atoms with Crippen LogP contribution in [0.2, 0.25) is 0 Å². The summed E-state index contributed by atoms with van der Waals surface area (Å²) in [7, 11) is 0. The molecule has 0 bridgehead atoms. The van der Waals surface area contributed by atoms with Gasteiger partial charge in [0.2, 0.25) is 17.3 Å². The van der Waals surface area contributed by atoms with Crippen LogP contribution in [0.25, 0.3) is 11.0 Å². The van der Waals surface area contributed by atoms with Gasteiger partial charge in [-0.15, -0.1) is 0 Å². The maximum absolute atomic E-state index is 13.6. The molecule has 5 aliphatic rings. The smallest absolute Gasteiger partial charge is 0.326 e. The van der Waals surface area contributed by atoms with Gasteiger partial charge in [-0.25, -0.2) is 9.42 Å². The average Bonchev–Trinajstić information content (AvgIpc) is 3.87. The highest BCUT2D eigenvalue weighted by Gasteiger charge is 2.63. The summed E-state index contributed by atoms with van der Waals surface area (Å²) in [5, 5.41) is 53.7. The Kier molecular flexibility index (Phi) is 10.8. The molecule has 1 saturated heterocycles. The highest BCUT2D eigenvalue weighted by atomic mass is 16.6. The van der Waals surface area contributed by atoms with Crippen molar-refractivity contribution in [1.82, 2.24) is 20.5 Å². The lowest BCUT2D eigenvalue weighted by Gasteiger charge is -2.62. The Hall–Kier alpha value is -3.65. The van der Waals surface area contributed by atoms with Crippen molar-refractivity contribution in [1.29, 1.82) is 0 Å². The summed E-state index contributed by atoms with van der Waals surface area (Å²) in [6.07, 6.45) is 10.3. The third-order valence-electron chi connectivity index (χ3n) is 15.3. The van der Waals surface area contributed by atoms with Gasteiger partial charge in [-0.05, 0) is 145 Å². The molecule has 5 unspecified atom stereocenters. The summed E-state index contributed by atoms with van der Waals surface area (Å²) in [5.74, 6) is 0.832. The molecular formula is C40H57N5O9. The number of carbonyl (C=O) groups excluding carboxylic acids is 2. The van der Waals surface area contributed by atoms with Crippen LogP contribution in [-0.2, 0) is 20.8 Å². The summed E-state index contributed by atoms with van der Waals surface area (Å²) in [6, 6.07) is 1.56. The number of nitro groups is 1. The van der Waals surface area contributed by atoms with Gasteiger partial charge in [-0.2, -0.15) is 0 Å². The fraction of sp³-hybridized carbons (Fsp3) is 0.775. The Balaban J connectivity index is 0.892. The molecule has 1 aromatic carbocycles. The van der Waals surface area contributed by atoms with Gasteiger partial charge in [-0.3, -0.25) is 19.7 Å². The van der Waals surface area contributed by atoms with Gasteiger partial charge in [0, 0.05) is 37.9 Å². The summed E-state index contributed by atoms with van der Waals surface area (Å²) in [4.78, 5) is 50.9. The molecule has 14 nitrogen and oxygen atoms in total. The molecule has 4 N–H and O–H groups in total. The molecule has 2 heterocycles. The second-order valence-electron chi connectivity index (χ2n) is 18.0. The molecule has 1 aliphatic heterocycles. The van der Waals surface area contributed by atoms with E-state index >= 15 is 0 Å². The van der Waals surface area contributed by atoms with E-state index < -0.39 is 23.0 Å². The number of carbonyl (C=O) groups is 3. The number of aliphatic hydroxyl groups is 2. The number of fused-ring (bicyclic) bond motifs is 6. The molecule has 5 fully saturated rings. The number of non-ortho nitro benzene ring substituents is 1. The first kappa shape index (κ1) is 38.6. The number of aliphatic carboxylic acids is 1. The van der Waals surface area contributed by atoms with Crippen LogP contribution >= 0.6 is 0 Å². The number of likely N-dealkylation sites (tertiary alicyclic amines) is 1. The second-order valence-corrected chi connectivity index (χ2v) is 18.0. The minimum absolute atomic E-state index is 0.0933. The van der Waals surface area contributed by atoms with E-state index in [2.05, 4.69) is 36.4 Å². The zero-order valence-electron chi connectivity index (χ0n) is 31.8. The van der Waals surface area contributed by atoms with E-state index in [0.717, 1.165) is 56.9 Å². The third kappa shape index (κ3) is 7.01. The van der Waals surface area contributed by atoms with Crippen LogP contribution < -0.4 is 5.32 Å². The quantitative estimate of drug-likeness (QED) is 0.122. The predicted octanol–water partition coefficient (Wildman–Crippen LogP) is 5.42. The van der Waals surface area contributed by atoms with Crippen molar-refractivity contribution in [2.24, 2.45) is 46.3 Å². The van der Waals surface area contributed by atoms with Crippen LogP contribution in [0.15, 0.2) is 16.8 Å². The first-order valence-electron chi connectivity index (χ1n) is 20.3. The molecule has 1 aromatic heterocycles. The number of carboxylic acid groups (broad SMARTS) is 1. The normalized spacial score (nSPS) is 36.6. The summed E-state index contributed by atoms with van der Waals surface area (Å²) in [6.45, 7) is 7.25. The molecule has 14 heteroatoms. The van der Waals surface area contributed by atoms with Crippen LogP contribution in [0.1, 0.15) is 116 Å². The molecular weight excluding hydrogens is 694 g/mol. The first-order chi connectivity index (χ1) is 25.7. The van der Waals surface area contributed by atoms with Crippen LogP contribution in [0.4, 0.5) is 5.69 Å². The average molecular weight is 752 g/mol. The van der Waals surface area contributed by atoms with Gasteiger partial charge in [0.25, 0.3) is 0 Å². The molecule has 296 valence electrons. The number of rotatable bonds is 12. The van der Waals surface area contributed by atoms with E-state index in [0.29, 0.717) is 54.9 Å². The number of amides is 2.